The summed E-state index contributed by atoms with van der Waals surface area (Å²) in [5, 5.41) is 0. The average molecular weight is 193 g/mol. The molecule has 1 aromatic carbocycles. The average Bonchev–Trinajstić information content (AvgIpc) is 2.18. The molecule has 0 unspecified atom stereocenters. The fourth-order valence-corrected chi connectivity index (χ4v) is 1.18. The van der Waals surface area contributed by atoms with Crippen LogP contribution < -0.4 is 5.73 Å². The summed E-state index contributed by atoms with van der Waals surface area (Å²) in [5.41, 5.74) is 7.71. The van der Waals surface area contributed by atoms with Crippen LogP contribution in [0.3, 0.4) is 0 Å². The maximum absolute atomic E-state index is 11.0. The van der Waals surface area contributed by atoms with E-state index in [1.807, 2.05) is 31.2 Å². The molecule has 0 aliphatic rings. The van der Waals surface area contributed by atoms with Gasteiger partial charge in [0.05, 0.1) is 13.5 Å². The molecule has 2 N–H and O–H groups in total. The fourth-order valence-electron chi connectivity index (χ4n) is 1.18. The van der Waals surface area contributed by atoms with Crippen molar-refractivity contribution in [3.8, 4) is 0 Å². The van der Waals surface area contributed by atoms with Crippen LogP contribution in [0.25, 0.3) is 0 Å². The minimum atomic E-state index is -0.224. The van der Waals surface area contributed by atoms with E-state index in [2.05, 4.69) is 4.74 Å². The third-order valence-electron chi connectivity index (χ3n) is 2.08. The highest BCUT2D eigenvalue weighted by Gasteiger charge is 2.03. The van der Waals surface area contributed by atoms with E-state index in [4.69, 9.17) is 5.73 Å². The summed E-state index contributed by atoms with van der Waals surface area (Å²) in [4.78, 5) is 11.0. The Morgan fingerprint density at radius 1 is 1.43 bits per heavy atom. The number of carbonyl (C=O) groups excluding carboxylic acids is 1. The number of esters is 1. The largest absolute Gasteiger partial charge is 0.469 e. The van der Waals surface area contributed by atoms with Crippen molar-refractivity contribution in [1.82, 2.24) is 0 Å². The maximum atomic E-state index is 11.0. The van der Waals surface area contributed by atoms with Gasteiger partial charge in [0.15, 0.2) is 0 Å². The van der Waals surface area contributed by atoms with Gasteiger partial charge in [0.25, 0.3) is 0 Å². The van der Waals surface area contributed by atoms with Crippen LogP contribution in [0.5, 0.6) is 0 Å². The molecule has 0 aliphatic heterocycles. The van der Waals surface area contributed by atoms with Gasteiger partial charge in [-0.15, -0.1) is 0 Å². The van der Waals surface area contributed by atoms with Crippen LogP contribution in [-0.2, 0) is 16.0 Å². The van der Waals surface area contributed by atoms with Crippen molar-refractivity contribution in [2.75, 3.05) is 7.11 Å². The van der Waals surface area contributed by atoms with Crippen molar-refractivity contribution < 1.29 is 9.53 Å². The van der Waals surface area contributed by atoms with E-state index in [9.17, 15) is 4.79 Å². The Morgan fingerprint density at radius 2 is 2.00 bits per heavy atom. The van der Waals surface area contributed by atoms with Crippen LogP contribution in [-0.4, -0.2) is 13.1 Å². The van der Waals surface area contributed by atoms with Crippen LogP contribution in [0.4, 0.5) is 0 Å². The predicted molar refractivity (Wildman–Crippen MR) is 54.8 cm³/mol. The Bertz CT molecular complexity index is 304. The van der Waals surface area contributed by atoms with Crippen molar-refractivity contribution in [1.29, 1.82) is 0 Å². The molecule has 1 aromatic rings. The lowest BCUT2D eigenvalue weighted by atomic mass is 10.1. The van der Waals surface area contributed by atoms with Crippen LogP contribution >= 0.6 is 0 Å². The summed E-state index contributed by atoms with van der Waals surface area (Å²) in [6.45, 7) is 1.93. The monoisotopic (exact) mass is 193 g/mol. The maximum Gasteiger partial charge on any atom is 0.309 e. The Kier molecular flexibility index (Phi) is 3.65. The Hall–Kier alpha value is -1.35. The number of methoxy groups -OCH3 is 1. The molecule has 0 bridgehead atoms. The Labute approximate surface area is 83.9 Å². The molecule has 3 nitrogen and oxygen atoms in total. The molecular formula is C11H15NO2. The molecule has 1 atom stereocenters. The first-order valence-electron chi connectivity index (χ1n) is 4.54. The molecule has 0 aromatic heterocycles. The molecular weight excluding hydrogens is 178 g/mol. The molecule has 0 saturated carbocycles. The van der Waals surface area contributed by atoms with Crippen molar-refractivity contribution in [3.63, 3.8) is 0 Å². The lowest BCUT2D eigenvalue weighted by Crippen LogP contribution is -2.06. The van der Waals surface area contributed by atoms with E-state index in [-0.39, 0.29) is 12.0 Å². The van der Waals surface area contributed by atoms with Crippen LogP contribution in [0.1, 0.15) is 24.1 Å². The zero-order chi connectivity index (χ0) is 10.6. The third-order valence-corrected chi connectivity index (χ3v) is 2.08. The number of rotatable bonds is 3. The molecule has 76 valence electrons. The highest BCUT2D eigenvalue weighted by Crippen LogP contribution is 2.11. The minimum Gasteiger partial charge on any atom is -0.469 e. The second kappa shape index (κ2) is 4.77. The summed E-state index contributed by atoms with van der Waals surface area (Å²) in [5.74, 6) is -0.224. The minimum absolute atomic E-state index is 0.0298. The van der Waals surface area contributed by atoms with E-state index in [0.717, 1.165) is 11.1 Å². The van der Waals surface area contributed by atoms with Crippen molar-refractivity contribution in [2.24, 2.45) is 5.73 Å². The lowest BCUT2D eigenvalue weighted by Gasteiger charge is -2.06. The lowest BCUT2D eigenvalue weighted by molar-refractivity contribution is -0.139. The molecule has 14 heavy (non-hydrogen) atoms. The predicted octanol–water partition coefficient (Wildman–Crippen LogP) is 1.42. The van der Waals surface area contributed by atoms with Gasteiger partial charge in [-0.3, -0.25) is 4.79 Å². The number of hydrogen-bond donors (Lipinski definition) is 1. The highest BCUT2D eigenvalue weighted by atomic mass is 16.5. The summed E-state index contributed by atoms with van der Waals surface area (Å²) in [7, 11) is 1.39. The quantitative estimate of drug-likeness (QED) is 0.739. The molecule has 0 radical (unpaired) electrons. The number of ether oxygens (including phenoxy) is 1. The van der Waals surface area contributed by atoms with E-state index < -0.39 is 0 Å². The molecule has 0 saturated heterocycles. The van der Waals surface area contributed by atoms with E-state index in [1.165, 1.54) is 7.11 Å². The van der Waals surface area contributed by atoms with Crippen LogP contribution in [0.2, 0.25) is 0 Å². The van der Waals surface area contributed by atoms with E-state index in [1.54, 1.807) is 0 Å². The highest BCUT2D eigenvalue weighted by molar-refractivity contribution is 5.72. The Morgan fingerprint density at radius 3 is 2.43 bits per heavy atom. The molecule has 0 heterocycles. The van der Waals surface area contributed by atoms with E-state index >= 15 is 0 Å². The summed E-state index contributed by atoms with van der Waals surface area (Å²) >= 11 is 0. The topological polar surface area (TPSA) is 52.3 Å². The Balaban J connectivity index is 2.69. The second-order valence-corrected chi connectivity index (χ2v) is 3.28. The third kappa shape index (κ3) is 2.85. The van der Waals surface area contributed by atoms with E-state index in [0.29, 0.717) is 6.42 Å². The first-order valence-corrected chi connectivity index (χ1v) is 4.54. The van der Waals surface area contributed by atoms with Gasteiger partial charge in [0, 0.05) is 6.04 Å². The van der Waals surface area contributed by atoms with Crippen molar-refractivity contribution in [3.05, 3.63) is 35.4 Å². The standard InChI is InChI=1S/C11H15NO2/c1-8(12)10-5-3-9(4-6-10)7-11(13)14-2/h3-6,8H,7,12H2,1-2H3/t8-/m1/s1. The zero-order valence-corrected chi connectivity index (χ0v) is 8.49. The number of carbonyl (C=O) groups is 1. The normalized spacial score (nSPS) is 12.2. The number of nitrogens with two attached hydrogens (primary N) is 1. The zero-order valence-electron chi connectivity index (χ0n) is 8.49. The van der Waals surface area contributed by atoms with Gasteiger partial charge in [-0.1, -0.05) is 24.3 Å². The van der Waals surface area contributed by atoms with Crippen LogP contribution in [0.15, 0.2) is 24.3 Å². The van der Waals surface area contributed by atoms with Crippen LogP contribution in [0, 0.1) is 0 Å². The van der Waals surface area contributed by atoms with Gasteiger partial charge in [0.1, 0.15) is 0 Å². The number of hydrogen-bond acceptors (Lipinski definition) is 3. The summed E-state index contributed by atoms with van der Waals surface area (Å²) in [6, 6.07) is 7.69. The molecule has 3 heteroatoms. The fraction of sp³-hybridized carbons (Fsp3) is 0.364. The molecule has 0 fully saturated rings. The molecule has 0 spiro atoms. The summed E-state index contributed by atoms with van der Waals surface area (Å²) < 4.78 is 4.57. The van der Waals surface area contributed by atoms with Gasteiger partial charge >= 0.3 is 5.97 Å². The molecule has 0 aliphatic carbocycles. The van der Waals surface area contributed by atoms with Gasteiger partial charge in [-0.2, -0.15) is 0 Å². The smallest absolute Gasteiger partial charge is 0.309 e. The van der Waals surface area contributed by atoms with Gasteiger partial charge in [-0.25, -0.2) is 0 Å². The number of benzene rings is 1. The SMILES string of the molecule is COC(=O)Cc1ccc([C@@H](C)N)cc1. The summed E-state index contributed by atoms with van der Waals surface area (Å²) in [6.07, 6.45) is 0.315. The first-order chi connectivity index (χ1) is 6.63. The molecule has 0 amide bonds. The first kappa shape index (κ1) is 10.7. The molecule has 1 rings (SSSR count). The second-order valence-electron chi connectivity index (χ2n) is 3.28. The van der Waals surface area contributed by atoms with Gasteiger partial charge < -0.3 is 10.5 Å². The van der Waals surface area contributed by atoms with Crippen molar-refractivity contribution >= 4 is 5.97 Å². The van der Waals surface area contributed by atoms with Gasteiger partial charge in [-0.05, 0) is 18.1 Å². The van der Waals surface area contributed by atoms with Crippen molar-refractivity contribution in [2.45, 2.75) is 19.4 Å². The van der Waals surface area contributed by atoms with Gasteiger partial charge in [0.2, 0.25) is 0 Å².